The van der Waals surface area contributed by atoms with E-state index in [1.165, 1.54) is 71.5 Å². The van der Waals surface area contributed by atoms with Crippen molar-refractivity contribution in [1.29, 1.82) is 0 Å². The van der Waals surface area contributed by atoms with Crippen LogP contribution in [0, 0.1) is 0 Å². The van der Waals surface area contributed by atoms with Gasteiger partial charge in [-0.2, -0.15) is 0 Å². The number of unbranched alkanes of at least 4 members (excludes halogenated alkanes) is 1. The quantitative estimate of drug-likeness (QED) is 0.773. The first-order valence-corrected chi connectivity index (χ1v) is 8.86. The summed E-state index contributed by atoms with van der Waals surface area (Å²) >= 11 is 0. The summed E-state index contributed by atoms with van der Waals surface area (Å²) in [7, 11) is 2.19. The van der Waals surface area contributed by atoms with Gasteiger partial charge < -0.3 is 15.1 Å². The molecule has 20 heavy (non-hydrogen) atoms. The van der Waals surface area contributed by atoms with Crippen molar-refractivity contribution in [3.8, 4) is 0 Å². The molecule has 1 aliphatic heterocycles. The van der Waals surface area contributed by atoms with Gasteiger partial charge in [0.05, 0.1) is 0 Å². The van der Waals surface area contributed by atoms with E-state index in [0.717, 1.165) is 0 Å². The van der Waals surface area contributed by atoms with Gasteiger partial charge in [0.2, 0.25) is 0 Å². The normalized spacial score (nSPS) is 15.2. The monoisotopic (exact) mass is 287 g/mol. The van der Waals surface area contributed by atoms with Crippen LogP contribution in [0.2, 0.25) is 0 Å². The Kier molecular flexibility index (Phi) is 20.9. The summed E-state index contributed by atoms with van der Waals surface area (Å²) in [5.74, 6) is 0. The molecule has 0 aliphatic carbocycles. The molecule has 0 atom stereocenters. The van der Waals surface area contributed by atoms with E-state index in [-0.39, 0.29) is 0 Å². The first kappa shape index (κ1) is 22.2. The lowest BCUT2D eigenvalue weighted by molar-refractivity contribution is 0.241. The van der Waals surface area contributed by atoms with Crippen LogP contribution in [0.1, 0.15) is 60.3 Å². The third kappa shape index (κ3) is 15.9. The Labute approximate surface area is 129 Å². The van der Waals surface area contributed by atoms with Crippen LogP contribution in [-0.4, -0.2) is 62.7 Å². The van der Waals surface area contributed by atoms with Crippen LogP contribution in [0.25, 0.3) is 0 Å². The number of rotatable bonds is 7. The minimum atomic E-state index is 1.18. The number of piperazine rings is 1. The lowest BCUT2D eigenvalue weighted by atomic mass is 10.3. The predicted octanol–water partition coefficient (Wildman–Crippen LogP) is 3.46. The van der Waals surface area contributed by atoms with Gasteiger partial charge in [0.15, 0.2) is 0 Å². The van der Waals surface area contributed by atoms with Crippen molar-refractivity contribution < 1.29 is 0 Å². The number of hydrogen-bond donors (Lipinski definition) is 1. The summed E-state index contributed by atoms with van der Waals surface area (Å²) < 4.78 is 0. The van der Waals surface area contributed by atoms with Crippen LogP contribution >= 0.6 is 0 Å². The maximum atomic E-state index is 3.33. The van der Waals surface area contributed by atoms with Crippen molar-refractivity contribution in [2.75, 3.05) is 52.9 Å². The van der Waals surface area contributed by atoms with Gasteiger partial charge in [-0.05, 0) is 45.9 Å². The second-order valence-corrected chi connectivity index (χ2v) is 5.25. The van der Waals surface area contributed by atoms with Crippen LogP contribution in [0.5, 0.6) is 0 Å². The third-order valence-corrected chi connectivity index (χ3v) is 3.25. The van der Waals surface area contributed by atoms with Gasteiger partial charge in [0.1, 0.15) is 0 Å². The molecule has 1 heterocycles. The van der Waals surface area contributed by atoms with E-state index in [9.17, 15) is 0 Å². The number of nitrogens with one attached hydrogen (secondary N) is 1. The molecule has 1 saturated heterocycles. The van der Waals surface area contributed by atoms with E-state index in [4.69, 9.17) is 0 Å². The minimum Gasteiger partial charge on any atom is -0.314 e. The van der Waals surface area contributed by atoms with E-state index >= 15 is 0 Å². The maximum absolute atomic E-state index is 3.33. The van der Waals surface area contributed by atoms with Crippen molar-refractivity contribution in [3.05, 3.63) is 0 Å². The number of hydrogen-bond acceptors (Lipinski definition) is 3. The van der Waals surface area contributed by atoms with Crippen molar-refractivity contribution in [1.82, 2.24) is 15.1 Å². The average Bonchev–Trinajstić information content (AvgIpc) is 2.50. The van der Waals surface area contributed by atoms with E-state index in [2.05, 4.69) is 42.9 Å². The Morgan fingerprint density at radius 2 is 1.50 bits per heavy atom. The van der Waals surface area contributed by atoms with Crippen LogP contribution in [0.4, 0.5) is 0 Å². The van der Waals surface area contributed by atoms with Gasteiger partial charge in [0, 0.05) is 26.2 Å². The van der Waals surface area contributed by atoms with Gasteiger partial charge in [-0.25, -0.2) is 0 Å². The molecule has 1 aliphatic rings. The molecule has 3 nitrogen and oxygen atoms in total. The van der Waals surface area contributed by atoms with Crippen molar-refractivity contribution in [3.63, 3.8) is 0 Å². The smallest absolute Gasteiger partial charge is 0.0107 e. The Morgan fingerprint density at radius 1 is 0.900 bits per heavy atom. The van der Waals surface area contributed by atoms with E-state index in [1.807, 2.05) is 13.8 Å². The second-order valence-electron chi connectivity index (χ2n) is 5.25. The lowest BCUT2D eigenvalue weighted by Gasteiger charge is -2.26. The van der Waals surface area contributed by atoms with Crippen molar-refractivity contribution in [2.24, 2.45) is 0 Å². The molecular formula is C17H41N3. The molecule has 0 spiro atoms. The Hall–Kier alpha value is -0.120. The summed E-state index contributed by atoms with van der Waals surface area (Å²) in [5, 5.41) is 3.33. The molecule has 0 aromatic heterocycles. The molecule has 0 aromatic rings. The zero-order valence-electron chi connectivity index (χ0n) is 15.2. The largest absolute Gasteiger partial charge is 0.314 e. The van der Waals surface area contributed by atoms with E-state index < -0.39 is 0 Å². The van der Waals surface area contributed by atoms with Crippen LogP contribution in [0.3, 0.4) is 0 Å². The highest BCUT2D eigenvalue weighted by molar-refractivity contribution is 4.66. The van der Waals surface area contributed by atoms with Crippen LogP contribution in [-0.2, 0) is 0 Å². The Balaban J connectivity index is 0. The highest BCUT2D eigenvalue weighted by Gasteiger charge is 2.06. The molecule has 1 N–H and O–H groups in total. The molecule has 0 unspecified atom stereocenters. The summed E-state index contributed by atoms with van der Waals surface area (Å²) in [6, 6.07) is 0. The van der Waals surface area contributed by atoms with Gasteiger partial charge in [-0.1, -0.05) is 41.0 Å². The second kappa shape index (κ2) is 18.9. The molecule has 0 amide bonds. The van der Waals surface area contributed by atoms with Gasteiger partial charge in [-0.15, -0.1) is 0 Å². The van der Waals surface area contributed by atoms with E-state index in [1.54, 1.807) is 0 Å². The van der Waals surface area contributed by atoms with Gasteiger partial charge in [-0.3, -0.25) is 0 Å². The lowest BCUT2D eigenvalue weighted by Crippen LogP contribution is -2.43. The summed E-state index contributed by atoms with van der Waals surface area (Å²) in [6.07, 6.45) is 5.23. The SMILES string of the molecule is CC.CCCCN(C)CCC.CCCN1CCNCC1. The molecule has 1 rings (SSSR count). The molecule has 0 bridgehead atoms. The predicted molar refractivity (Wildman–Crippen MR) is 93.6 cm³/mol. The molecule has 0 saturated carbocycles. The van der Waals surface area contributed by atoms with Crippen molar-refractivity contribution in [2.45, 2.75) is 60.3 Å². The molecule has 0 aromatic carbocycles. The fourth-order valence-electron chi connectivity index (χ4n) is 2.17. The zero-order chi connectivity index (χ0) is 15.6. The topological polar surface area (TPSA) is 18.5 Å². The summed E-state index contributed by atoms with van der Waals surface area (Å²) in [4.78, 5) is 4.90. The van der Waals surface area contributed by atoms with Crippen LogP contribution < -0.4 is 5.32 Å². The Morgan fingerprint density at radius 3 is 1.95 bits per heavy atom. The molecule has 3 heteroatoms. The first-order chi connectivity index (χ1) is 9.74. The highest BCUT2D eigenvalue weighted by atomic mass is 15.2. The first-order valence-electron chi connectivity index (χ1n) is 8.86. The fourth-order valence-corrected chi connectivity index (χ4v) is 2.17. The van der Waals surface area contributed by atoms with Gasteiger partial charge >= 0.3 is 0 Å². The minimum absolute atomic E-state index is 1.18. The number of nitrogens with zero attached hydrogens (tertiary/aromatic N) is 2. The van der Waals surface area contributed by atoms with Gasteiger partial charge in [0.25, 0.3) is 0 Å². The fraction of sp³-hybridized carbons (Fsp3) is 1.00. The third-order valence-electron chi connectivity index (χ3n) is 3.25. The van der Waals surface area contributed by atoms with Crippen LogP contribution in [0.15, 0.2) is 0 Å². The summed E-state index contributed by atoms with van der Waals surface area (Å²) in [5.41, 5.74) is 0. The molecular weight excluding hydrogens is 246 g/mol. The zero-order valence-corrected chi connectivity index (χ0v) is 15.2. The average molecular weight is 288 g/mol. The molecule has 0 radical (unpaired) electrons. The van der Waals surface area contributed by atoms with Crippen molar-refractivity contribution >= 4 is 0 Å². The molecule has 1 fully saturated rings. The highest BCUT2D eigenvalue weighted by Crippen LogP contribution is 1.92. The maximum Gasteiger partial charge on any atom is 0.0107 e. The van der Waals surface area contributed by atoms with E-state index in [0.29, 0.717) is 0 Å². The summed E-state index contributed by atoms with van der Waals surface area (Å²) in [6.45, 7) is 19.3. The standard InChI is InChI=1S/C8H19N.C7H16N2.C2H6/c1-4-6-8-9(3)7-5-2;1-2-5-9-6-3-8-4-7-9;1-2/h4-8H2,1-3H3;8H,2-7H2,1H3;1-2H3. The Bertz CT molecular complexity index is 154. The molecule has 124 valence electrons.